The van der Waals surface area contributed by atoms with Crippen LogP contribution in [0.25, 0.3) is 0 Å². The van der Waals surface area contributed by atoms with E-state index in [0.29, 0.717) is 12.0 Å². The second-order valence-corrected chi connectivity index (χ2v) is 7.34. The molecule has 0 radical (unpaired) electrons. The molecule has 1 aliphatic carbocycles. The van der Waals surface area contributed by atoms with Crippen LogP contribution in [0, 0.1) is 5.92 Å². The van der Waals surface area contributed by atoms with Gasteiger partial charge in [-0.25, -0.2) is 4.98 Å². The van der Waals surface area contributed by atoms with Crippen molar-refractivity contribution in [3.63, 3.8) is 0 Å². The van der Waals surface area contributed by atoms with E-state index in [1.54, 1.807) is 0 Å². The average molecular weight is 282 g/mol. The van der Waals surface area contributed by atoms with Crippen LogP contribution in [0.3, 0.4) is 0 Å². The zero-order chi connectivity index (χ0) is 14.0. The molecule has 0 spiro atoms. The molecule has 2 atom stereocenters. The maximum absolute atomic E-state index is 5.92. The Labute approximate surface area is 120 Å². The lowest BCUT2D eigenvalue weighted by atomic mass is 9.84. The van der Waals surface area contributed by atoms with E-state index in [9.17, 15) is 0 Å². The fourth-order valence-electron chi connectivity index (χ4n) is 2.78. The minimum atomic E-state index is 0.0232. The molecule has 1 saturated carbocycles. The molecule has 0 aromatic carbocycles. The Bertz CT molecular complexity index is 410. The molecule has 2 N–H and O–H groups in total. The van der Waals surface area contributed by atoms with E-state index >= 15 is 0 Å². The second kappa shape index (κ2) is 5.75. The molecule has 4 nitrogen and oxygen atoms in total. The van der Waals surface area contributed by atoms with Crippen LogP contribution in [-0.2, 0) is 5.41 Å². The van der Waals surface area contributed by atoms with Crippen LogP contribution >= 0.6 is 11.5 Å². The Morgan fingerprint density at radius 2 is 2.00 bits per heavy atom. The summed E-state index contributed by atoms with van der Waals surface area (Å²) < 4.78 is 4.51. The molecule has 1 fully saturated rings. The first-order valence-corrected chi connectivity index (χ1v) is 7.98. The summed E-state index contributed by atoms with van der Waals surface area (Å²) in [6, 6.07) is 0.527. The first-order chi connectivity index (χ1) is 8.93. The van der Waals surface area contributed by atoms with Crippen molar-refractivity contribution in [2.75, 3.05) is 18.5 Å². The van der Waals surface area contributed by atoms with E-state index in [1.165, 1.54) is 37.2 Å². The number of nitrogens with two attached hydrogens (primary N) is 1. The van der Waals surface area contributed by atoms with Crippen LogP contribution in [0.2, 0.25) is 0 Å². The van der Waals surface area contributed by atoms with Crippen LogP contribution in [0.15, 0.2) is 0 Å². The molecule has 1 aromatic heterocycles. The van der Waals surface area contributed by atoms with Gasteiger partial charge in [-0.05, 0) is 25.3 Å². The fraction of sp³-hybridized carbons (Fsp3) is 0.857. The Hall–Kier alpha value is -0.680. The Balaban J connectivity index is 2.14. The normalized spacial score (nSPS) is 24.5. The topological polar surface area (TPSA) is 55.0 Å². The van der Waals surface area contributed by atoms with Crippen LogP contribution < -0.4 is 10.6 Å². The van der Waals surface area contributed by atoms with Gasteiger partial charge >= 0.3 is 0 Å². The van der Waals surface area contributed by atoms with E-state index in [-0.39, 0.29) is 5.41 Å². The highest BCUT2D eigenvalue weighted by molar-refractivity contribution is 7.09. The van der Waals surface area contributed by atoms with Gasteiger partial charge in [0.1, 0.15) is 5.82 Å². The molecule has 1 heterocycles. The van der Waals surface area contributed by atoms with Gasteiger partial charge in [-0.2, -0.15) is 4.37 Å². The summed E-state index contributed by atoms with van der Waals surface area (Å²) >= 11 is 1.51. The van der Waals surface area contributed by atoms with Crippen molar-refractivity contribution in [2.45, 2.75) is 57.9 Å². The monoisotopic (exact) mass is 282 g/mol. The molecule has 0 bridgehead atoms. The quantitative estimate of drug-likeness (QED) is 0.926. The molecule has 108 valence electrons. The van der Waals surface area contributed by atoms with Crippen molar-refractivity contribution in [1.29, 1.82) is 0 Å². The molecule has 0 amide bonds. The summed E-state index contributed by atoms with van der Waals surface area (Å²) in [7, 11) is 2.14. The lowest BCUT2D eigenvalue weighted by Gasteiger charge is -2.37. The smallest absolute Gasteiger partial charge is 0.205 e. The minimum absolute atomic E-state index is 0.0232. The molecule has 0 aliphatic heterocycles. The van der Waals surface area contributed by atoms with E-state index in [0.717, 1.165) is 17.5 Å². The largest absolute Gasteiger partial charge is 0.347 e. The van der Waals surface area contributed by atoms with Crippen molar-refractivity contribution < 1.29 is 0 Å². The third-order valence-corrected chi connectivity index (χ3v) is 4.86. The van der Waals surface area contributed by atoms with Crippen LogP contribution in [0.4, 0.5) is 5.13 Å². The zero-order valence-corrected chi connectivity index (χ0v) is 13.3. The maximum atomic E-state index is 5.92. The zero-order valence-electron chi connectivity index (χ0n) is 12.5. The number of hydrogen-bond donors (Lipinski definition) is 1. The van der Waals surface area contributed by atoms with E-state index < -0.39 is 0 Å². The van der Waals surface area contributed by atoms with Crippen LogP contribution in [0.1, 0.15) is 52.3 Å². The molecule has 1 aliphatic rings. The van der Waals surface area contributed by atoms with Gasteiger partial charge in [-0.1, -0.05) is 33.6 Å². The summed E-state index contributed by atoms with van der Waals surface area (Å²) in [6.07, 6.45) is 5.09. The predicted octanol–water partition coefficient (Wildman–Crippen LogP) is 2.79. The number of anilines is 1. The van der Waals surface area contributed by atoms with Crippen LogP contribution in [0.5, 0.6) is 0 Å². The second-order valence-electron chi connectivity index (χ2n) is 6.61. The molecule has 0 saturated heterocycles. The van der Waals surface area contributed by atoms with Crippen molar-refractivity contribution in [3.05, 3.63) is 5.82 Å². The van der Waals surface area contributed by atoms with Gasteiger partial charge in [0.25, 0.3) is 0 Å². The maximum Gasteiger partial charge on any atom is 0.205 e. The van der Waals surface area contributed by atoms with Crippen molar-refractivity contribution in [3.8, 4) is 0 Å². The Morgan fingerprint density at radius 1 is 1.32 bits per heavy atom. The molecule has 2 rings (SSSR count). The minimum Gasteiger partial charge on any atom is -0.347 e. The highest BCUT2D eigenvalue weighted by Gasteiger charge is 2.30. The number of rotatable bonds is 3. The van der Waals surface area contributed by atoms with Gasteiger partial charge in [0.05, 0.1) is 0 Å². The van der Waals surface area contributed by atoms with Crippen LogP contribution in [-0.4, -0.2) is 29.0 Å². The number of nitrogens with zero attached hydrogens (tertiary/aromatic N) is 3. The average Bonchev–Trinajstić information content (AvgIpc) is 2.87. The summed E-state index contributed by atoms with van der Waals surface area (Å²) in [6.45, 7) is 7.24. The van der Waals surface area contributed by atoms with Gasteiger partial charge in [0.2, 0.25) is 5.13 Å². The van der Waals surface area contributed by atoms with Gasteiger partial charge < -0.3 is 10.6 Å². The lowest BCUT2D eigenvalue weighted by Crippen LogP contribution is -2.43. The molecular weight excluding hydrogens is 256 g/mol. The molecule has 2 unspecified atom stereocenters. The van der Waals surface area contributed by atoms with E-state index in [1.807, 2.05) is 0 Å². The van der Waals surface area contributed by atoms with Gasteiger partial charge in [0.15, 0.2) is 0 Å². The van der Waals surface area contributed by atoms with Gasteiger partial charge in [0, 0.05) is 30.0 Å². The summed E-state index contributed by atoms with van der Waals surface area (Å²) in [5.74, 6) is 1.54. The lowest BCUT2D eigenvalue weighted by molar-refractivity contribution is 0.306. The molecular formula is C14H26N4S. The highest BCUT2D eigenvalue weighted by Crippen LogP contribution is 2.32. The van der Waals surface area contributed by atoms with Gasteiger partial charge in [-0.3, -0.25) is 0 Å². The summed E-state index contributed by atoms with van der Waals surface area (Å²) in [5, 5.41) is 1.04. The first-order valence-electron chi connectivity index (χ1n) is 7.20. The summed E-state index contributed by atoms with van der Waals surface area (Å²) in [5.41, 5.74) is 5.95. The Morgan fingerprint density at radius 3 is 2.58 bits per heavy atom. The molecule has 1 aromatic rings. The third kappa shape index (κ3) is 3.26. The molecule has 19 heavy (non-hydrogen) atoms. The van der Waals surface area contributed by atoms with Crippen molar-refractivity contribution in [2.24, 2.45) is 11.7 Å². The SMILES string of the molecule is CN(c1nc(C(C)(C)C)ns1)C1CCCCC1CN. The number of aromatic nitrogens is 2. The molecule has 5 heteroatoms. The fourth-order valence-corrected chi connectivity index (χ4v) is 3.65. The predicted molar refractivity (Wildman–Crippen MR) is 81.8 cm³/mol. The van der Waals surface area contributed by atoms with Gasteiger partial charge in [-0.15, -0.1) is 0 Å². The third-order valence-electron chi connectivity index (χ3n) is 4.06. The van der Waals surface area contributed by atoms with E-state index in [2.05, 4.69) is 37.1 Å². The summed E-state index contributed by atoms with van der Waals surface area (Å²) in [4.78, 5) is 7.03. The van der Waals surface area contributed by atoms with Crippen molar-refractivity contribution >= 4 is 16.7 Å². The highest BCUT2D eigenvalue weighted by atomic mass is 32.1. The van der Waals surface area contributed by atoms with Crippen molar-refractivity contribution in [1.82, 2.24) is 9.36 Å². The first kappa shape index (κ1) is 14.7. The van der Waals surface area contributed by atoms with E-state index in [4.69, 9.17) is 10.7 Å². The Kier molecular flexibility index (Phi) is 4.46. The standard InChI is InChI=1S/C14H26N4S/c1-14(2,3)12-16-13(19-17-12)18(4)11-8-6-5-7-10(11)9-15/h10-11H,5-9,15H2,1-4H3. The number of hydrogen-bond acceptors (Lipinski definition) is 5.